The zero-order valence-electron chi connectivity index (χ0n) is 44.2. The lowest BCUT2D eigenvalue weighted by Crippen LogP contribution is -2.60. The zero-order valence-corrected chi connectivity index (χ0v) is 53.2. The van der Waals surface area contributed by atoms with E-state index in [1.54, 1.807) is 6.92 Å². The van der Waals surface area contributed by atoms with Crippen molar-refractivity contribution in [3.63, 3.8) is 0 Å². The topological polar surface area (TPSA) is 183 Å². The Bertz CT molecular complexity index is 1550. The van der Waals surface area contributed by atoms with E-state index in [1.807, 2.05) is 0 Å². The van der Waals surface area contributed by atoms with Crippen LogP contribution in [-0.4, -0.2) is 128 Å². The first-order chi connectivity index (χ1) is 29.3. The van der Waals surface area contributed by atoms with Gasteiger partial charge in [-0.25, -0.2) is 4.79 Å². The molecule has 1 rings (SSSR count). The van der Waals surface area contributed by atoms with Gasteiger partial charge in [0.15, 0.2) is 61.4 Å². The highest BCUT2D eigenvalue weighted by Crippen LogP contribution is 2.40. The van der Waals surface area contributed by atoms with E-state index in [4.69, 9.17) is 52.2 Å². The normalized spacial score (nSPS) is 14.3. The highest BCUT2D eigenvalue weighted by Gasteiger charge is 2.51. The molecule has 1 N–H and O–H groups in total. The van der Waals surface area contributed by atoms with Crippen LogP contribution in [0.2, 0.25) is 136 Å². The Kier molecular flexibility index (Phi) is 24.1. The van der Waals surface area contributed by atoms with E-state index in [0.717, 1.165) is 0 Å². The molecule has 380 valence electrons. The highest BCUT2D eigenvalue weighted by molar-refractivity contribution is 6.91. The number of carbonyl (C=O) groups is 1. The van der Waals surface area contributed by atoms with E-state index >= 15 is 0 Å². The fraction of sp³-hybridized carbons (Fsp3) is 0.821. The molecule has 0 saturated heterocycles. The maximum Gasteiger partial charge on any atom is 0.500 e. The summed E-state index contributed by atoms with van der Waals surface area (Å²) in [7, 11) is -17.3. The summed E-state index contributed by atoms with van der Waals surface area (Å²) in [5.74, 6) is 0.462. The molecule has 0 bridgehead atoms. The van der Waals surface area contributed by atoms with Gasteiger partial charge in [0.1, 0.15) is 6.10 Å². The lowest BCUT2D eigenvalue weighted by atomic mass is 10.1. The Balaban J connectivity index is 3.65. The molecule has 1 aromatic carbocycles. The Labute approximate surface area is 401 Å². The quantitative estimate of drug-likeness (QED) is 0.0311. The zero-order chi connectivity index (χ0) is 50.5. The number of amides is 1. The Morgan fingerprint density at radius 1 is 0.554 bits per heavy atom. The molecule has 0 spiro atoms. The van der Waals surface area contributed by atoms with E-state index < -0.39 is 93.4 Å². The second-order valence-electron chi connectivity index (χ2n) is 22.0. The molecular formula is C39H88N2O15Si9. The number of nitro groups is 1. The fourth-order valence-electron chi connectivity index (χ4n) is 6.76. The molecule has 0 radical (unpaired) electrons. The van der Waals surface area contributed by atoms with Gasteiger partial charge in [-0.3, -0.25) is 10.1 Å². The van der Waals surface area contributed by atoms with Gasteiger partial charge >= 0.3 is 32.5 Å². The first-order valence-electron chi connectivity index (χ1n) is 22.7. The molecule has 0 heterocycles. The minimum atomic E-state index is -3.17. The van der Waals surface area contributed by atoms with Crippen LogP contribution in [0.1, 0.15) is 37.9 Å². The van der Waals surface area contributed by atoms with E-state index in [-0.39, 0.29) is 42.5 Å². The number of hydrogen-bond donors (Lipinski definition) is 1. The highest BCUT2D eigenvalue weighted by atomic mass is 28.5. The average molecular weight is 1080 g/mol. The Morgan fingerprint density at radius 3 is 1.18 bits per heavy atom. The van der Waals surface area contributed by atoms with Crippen molar-refractivity contribution in [3.8, 4) is 11.5 Å². The van der Waals surface area contributed by atoms with Crippen LogP contribution in [0.4, 0.5) is 10.5 Å². The third-order valence-corrected chi connectivity index (χ3v) is 35.3. The van der Waals surface area contributed by atoms with E-state index in [9.17, 15) is 14.9 Å². The molecule has 0 aliphatic carbocycles. The van der Waals surface area contributed by atoms with E-state index in [0.29, 0.717) is 37.4 Å². The Hall–Kier alpha value is -0.918. The molecule has 17 nitrogen and oxygen atoms in total. The van der Waals surface area contributed by atoms with Crippen molar-refractivity contribution in [2.75, 3.05) is 41.1 Å². The van der Waals surface area contributed by atoms with Crippen molar-refractivity contribution in [2.45, 2.75) is 168 Å². The molecule has 0 aromatic heterocycles. The van der Waals surface area contributed by atoms with Gasteiger partial charge in [0.05, 0.1) is 29.8 Å². The van der Waals surface area contributed by atoms with Crippen LogP contribution < -0.4 is 14.8 Å². The third kappa shape index (κ3) is 25.5. The molecule has 1 aromatic rings. The van der Waals surface area contributed by atoms with Gasteiger partial charge in [-0.15, -0.1) is 0 Å². The van der Waals surface area contributed by atoms with Crippen LogP contribution in [-0.2, 0) is 42.7 Å². The molecular weight excluding hydrogens is 989 g/mol. The smallest absolute Gasteiger partial charge is 0.490 e. The second-order valence-corrected chi connectivity index (χ2v) is 59.1. The number of nitro benzene ring substituents is 1. The van der Waals surface area contributed by atoms with Gasteiger partial charge in [-0.2, -0.15) is 0 Å². The summed E-state index contributed by atoms with van der Waals surface area (Å²) in [6.07, 6.45) is -0.239. The lowest BCUT2D eigenvalue weighted by Gasteiger charge is -2.43. The van der Waals surface area contributed by atoms with Crippen molar-refractivity contribution in [3.05, 3.63) is 27.8 Å². The molecule has 26 heteroatoms. The second kappa shape index (κ2) is 25.3. The van der Waals surface area contributed by atoms with Crippen LogP contribution in [0.15, 0.2) is 12.1 Å². The standard InChI is InChI=1S/C39H88N2O15Si9/c1-34(50-39(42)40-26-23-29-63(45-2,46-3)47-4)35-32-37(48-27-24-30-64(51-57(5,6)7,52-58(8,9)10)53-59(11,12)13)38(33-36(35)41(43)44)49-28-25-31-65(54-60(14,15)16,55-61(17,18)19)56-62(20,21)22/h32-34H,23-31H2,1-22H3,(H,40,42). The van der Waals surface area contributed by atoms with E-state index in [2.05, 4.69) is 123 Å². The summed E-state index contributed by atoms with van der Waals surface area (Å²) >= 11 is 0. The summed E-state index contributed by atoms with van der Waals surface area (Å²) in [4.78, 5) is 25.2. The van der Waals surface area contributed by atoms with E-state index in [1.165, 1.54) is 33.5 Å². The number of ether oxygens (including phenoxy) is 3. The fourth-order valence-corrected chi connectivity index (χ4v) is 37.7. The predicted octanol–water partition coefficient (Wildman–Crippen LogP) is 11.2. The van der Waals surface area contributed by atoms with Gasteiger partial charge in [-0.05, 0) is 150 Å². The summed E-state index contributed by atoms with van der Waals surface area (Å²) in [5.41, 5.74) is -0.130. The van der Waals surface area contributed by atoms with Crippen molar-refractivity contribution in [2.24, 2.45) is 0 Å². The minimum absolute atomic E-state index is 0.147. The number of benzene rings is 1. The van der Waals surface area contributed by atoms with Crippen LogP contribution in [0.5, 0.6) is 11.5 Å². The first kappa shape index (κ1) is 62.1. The van der Waals surface area contributed by atoms with Crippen molar-refractivity contribution in [1.29, 1.82) is 0 Å². The number of nitrogens with zero attached hydrogens (tertiary/aromatic N) is 1. The monoisotopic (exact) mass is 1080 g/mol. The van der Waals surface area contributed by atoms with Gasteiger partial charge in [0.2, 0.25) is 0 Å². The van der Waals surface area contributed by atoms with Gasteiger partial charge in [0, 0.05) is 46.0 Å². The summed E-state index contributed by atoms with van der Waals surface area (Å²) in [5, 5.41) is 15.4. The maximum absolute atomic E-state index is 13.0. The third-order valence-electron chi connectivity index (χ3n) is 8.41. The van der Waals surface area contributed by atoms with Gasteiger partial charge in [0.25, 0.3) is 5.69 Å². The summed E-state index contributed by atoms with van der Waals surface area (Å²) in [6, 6.07) is 4.41. The minimum Gasteiger partial charge on any atom is -0.490 e. The van der Waals surface area contributed by atoms with Gasteiger partial charge < -0.3 is 57.5 Å². The number of carbonyl (C=O) groups excluding carboxylic acids is 1. The Morgan fingerprint density at radius 2 is 0.877 bits per heavy atom. The van der Waals surface area contributed by atoms with Crippen molar-refractivity contribution >= 4 is 88.1 Å². The molecule has 0 aliphatic heterocycles. The summed E-state index contributed by atoms with van der Waals surface area (Å²) in [6.45, 7) is 40.8. The van der Waals surface area contributed by atoms with Crippen molar-refractivity contribution < 1.29 is 61.9 Å². The average Bonchev–Trinajstić information content (AvgIpc) is 3.07. The molecule has 1 unspecified atom stereocenters. The number of alkyl carbamates (subject to hydrolysis) is 1. The predicted molar refractivity (Wildman–Crippen MR) is 280 cm³/mol. The van der Waals surface area contributed by atoms with Crippen LogP contribution >= 0.6 is 0 Å². The van der Waals surface area contributed by atoms with Crippen molar-refractivity contribution in [1.82, 2.24) is 5.32 Å². The first-order valence-corrected chi connectivity index (χ1v) is 48.9. The molecule has 0 aliphatic rings. The molecule has 0 saturated carbocycles. The largest absolute Gasteiger partial charge is 0.500 e. The lowest BCUT2D eigenvalue weighted by molar-refractivity contribution is -0.386. The number of nitrogens with one attached hydrogen (secondary N) is 1. The van der Waals surface area contributed by atoms with Crippen LogP contribution in [0.25, 0.3) is 0 Å². The molecule has 65 heavy (non-hydrogen) atoms. The number of rotatable bonds is 32. The molecule has 1 amide bonds. The SMILES string of the molecule is CO[Si](CCCNC(=O)OC(C)c1cc(OCCC[Si](O[Si](C)(C)C)(O[Si](C)(C)C)O[Si](C)(C)C)c(OCCC[Si](O[Si](C)(C)C)(O[Si](C)(C)C)O[Si](C)(C)C)cc1[N+](=O)[O-])(OC)OC. The van der Waals surface area contributed by atoms with Crippen LogP contribution in [0, 0.1) is 10.1 Å². The van der Waals surface area contributed by atoms with Gasteiger partial charge in [-0.1, -0.05) is 0 Å². The van der Waals surface area contributed by atoms with Crippen LogP contribution in [0.3, 0.4) is 0 Å². The molecule has 0 fully saturated rings. The number of hydrogen-bond acceptors (Lipinski definition) is 15. The summed E-state index contributed by atoms with van der Waals surface area (Å²) < 4.78 is 76.3. The maximum atomic E-state index is 13.0. The molecule has 1 atom stereocenters.